The molecule has 0 unspecified atom stereocenters. The Kier molecular flexibility index (Phi) is 6.80. The molecule has 1 nitrogen and oxygen atoms in total. The third-order valence-corrected chi connectivity index (χ3v) is 4.18. The summed E-state index contributed by atoms with van der Waals surface area (Å²) < 4.78 is 0. The number of rotatable bonds is 8. The second kappa shape index (κ2) is 6.99. The van der Waals surface area contributed by atoms with Crippen molar-refractivity contribution in [2.75, 3.05) is 0 Å². The summed E-state index contributed by atoms with van der Waals surface area (Å²) in [5.41, 5.74) is 0. The van der Waals surface area contributed by atoms with Gasteiger partial charge in [-0.3, -0.25) is 4.79 Å². The molecule has 0 aliphatic heterocycles. The van der Waals surface area contributed by atoms with Crippen molar-refractivity contribution < 1.29 is 4.79 Å². The minimum atomic E-state index is -0.829. The monoisotopic (exact) mass is 212 g/mol. The van der Waals surface area contributed by atoms with Gasteiger partial charge in [-0.05, 0) is 12.5 Å². The first-order valence-corrected chi connectivity index (χ1v) is 9.32. The predicted molar refractivity (Wildman–Crippen MR) is 66.4 cm³/mol. The molecule has 2 heteroatoms. The molecule has 0 aromatic carbocycles. The summed E-state index contributed by atoms with van der Waals surface area (Å²) in [4.78, 5) is 10.9. The van der Waals surface area contributed by atoms with Crippen LogP contribution in [-0.2, 0) is 4.79 Å². The smallest absolute Gasteiger partial charge is 0.155 e. The maximum absolute atomic E-state index is 10.9. The van der Waals surface area contributed by atoms with E-state index in [1.165, 1.54) is 31.4 Å². The van der Waals surface area contributed by atoms with E-state index in [0.717, 1.165) is 6.42 Å². The topological polar surface area (TPSA) is 17.1 Å². The number of ketones is 1. The van der Waals surface area contributed by atoms with Crippen LogP contribution in [0.4, 0.5) is 0 Å². The van der Waals surface area contributed by atoms with E-state index in [1.54, 1.807) is 0 Å². The largest absolute Gasteiger partial charge is 0.295 e. The molecule has 82 valence electrons. The van der Waals surface area contributed by atoms with Crippen molar-refractivity contribution in [1.29, 1.82) is 0 Å². The second-order valence-corrected chi connectivity index (χ2v) is 10.8. The average molecular weight is 212 g/mol. The number of carbonyl (C=O) groups excluding carboxylic acids is 1. The van der Waals surface area contributed by atoms with Crippen LogP contribution < -0.4 is 0 Å². The lowest BCUT2D eigenvalue weighted by atomic mass is 10.1. The van der Waals surface area contributed by atoms with Crippen molar-refractivity contribution in [3.05, 3.63) is 12.7 Å². The Morgan fingerprint density at radius 3 is 2.21 bits per heavy atom. The Hall–Kier alpha value is -0.373. The van der Waals surface area contributed by atoms with Gasteiger partial charge in [-0.25, -0.2) is 0 Å². The fourth-order valence-corrected chi connectivity index (χ4v) is 2.72. The minimum Gasteiger partial charge on any atom is -0.295 e. The van der Waals surface area contributed by atoms with Crippen LogP contribution in [0.5, 0.6) is 0 Å². The van der Waals surface area contributed by atoms with Gasteiger partial charge in [-0.15, -0.1) is 0 Å². The molecule has 0 N–H and O–H groups in total. The fraction of sp³-hybridized carbons (Fsp3) is 0.750. The Bertz CT molecular complexity index is 179. The molecular weight excluding hydrogens is 188 g/mol. The molecule has 0 aliphatic rings. The lowest BCUT2D eigenvalue weighted by Gasteiger charge is -2.14. The molecule has 0 atom stereocenters. The van der Waals surface area contributed by atoms with E-state index in [0.29, 0.717) is 6.42 Å². The zero-order chi connectivity index (χ0) is 11.0. The van der Waals surface area contributed by atoms with Crippen molar-refractivity contribution in [2.45, 2.75) is 57.8 Å². The van der Waals surface area contributed by atoms with Gasteiger partial charge in [-0.2, -0.15) is 0 Å². The van der Waals surface area contributed by atoms with Crippen molar-refractivity contribution in [3.63, 3.8) is 0 Å². The Balaban J connectivity index is 3.22. The lowest BCUT2D eigenvalue weighted by molar-refractivity contribution is -0.114. The first-order valence-electron chi connectivity index (χ1n) is 5.61. The quantitative estimate of drug-likeness (QED) is 0.337. The third kappa shape index (κ3) is 9.71. The van der Waals surface area contributed by atoms with Crippen molar-refractivity contribution in [2.24, 2.45) is 0 Å². The molecule has 0 fully saturated rings. The molecule has 0 bridgehead atoms. The molecule has 0 amide bonds. The first-order chi connectivity index (χ1) is 6.45. The van der Waals surface area contributed by atoms with Gasteiger partial charge in [-0.1, -0.05) is 51.5 Å². The number of unbranched alkanes of at least 4 members (excludes halogenated alkanes) is 3. The molecule has 0 aliphatic carbocycles. The van der Waals surface area contributed by atoms with Crippen LogP contribution in [0.2, 0.25) is 25.7 Å². The number of allylic oxidation sites excluding steroid dienone is 1. The van der Waals surface area contributed by atoms with Crippen LogP contribution in [0.25, 0.3) is 0 Å². The van der Waals surface area contributed by atoms with Gasteiger partial charge >= 0.3 is 0 Å². The van der Waals surface area contributed by atoms with E-state index in [4.69, 9.17) is 0 Å². The van der Waals surface area contributed by atoms with Crippen molar-refractivity contribution in [1.82, 2.24) is 0 Å². The zero-order valence-corrected chi connectivity index (χ0v) is 10.9. The van der Waals surface area contributed by atoms with Crippen LogP contribution in [0, 0.1) is 0 Å². The molecule has 14 heavy (non-hydrogen) atoms. The molecule has 0 saturated carbocycles. The molecule has 0 aromatic rings. The summed E-state index contributed by atoms with van der Waals surface area (Å²) in [6.45, 7) is 10.7. The highest BCUT2D eigenvalue weighted by Crippen LogP contribution is 2.15. The number of hydrogen-bond donors (Lipinski definition) is 0. The summed E-state index contributed by atoms with van der Waals surface area (Å²) in [5, 5.41) is 0. The second-order valence-electron chi connectivity index (χ2n) is 5.15. The molecule has 0 aromatic heterocycles. The molecule has 0 heterocycles. The van der Waals surface area contributed by atoms with Crippen LogP contribution in [0.1, 0.15) is 32.1 Å². The summed E-state index contributed by atoms with van der Waals surface area (Å²) >= 11 is 0. The van der Waals surface area contributed by atoms with Gasteiger partial charge in [0.15, 0.2) is 5.78 Å². The minimum absolute atomic E-state index is 0.190. The highest BCUT2D eigenvalue weighted by molar-refractivity contribution is 6.76. The van der Waals surface area contributed by atoms with Gasteiger partial charge in [0.2, 0.25) is 0 Å². The Morgan fingerprint density at radius 2 is 1.71 bits per heavy atom. The van der Waals surface area contributed by atoms with Crippen molar-refractivity contribution >= 4 is 13.9 Å². The predicted octanol–water partition coefficient (Wildman–Crippen LogP) is 4.03. The van der Waals surface area contributed by atoms with Crippen LogP contribution in [0.15, 0.2) is 12.7 Å². The molecule has 0 saturated heterocycles. The van der Waals surface area contributed by atoms with Gasteiger partial charge in [0, 0.05) is 14.5 Å². The van der Waals surface area contributed by atoms with Crippen LogP contribution in [-0.4, -0.2) is 13.9 Å². The van der Waals surface area contributed by atoms with Gasteiger partial charge in [0.05, 0.1) is 0 Å². The Labute approximate surface area is 89.6 Å². The third-order valence-electron chi connectivity index (χ3n) is 2.33. The maximum atomic E-state index is 10.9. The maximum Gasteiger partial charge on any atom is 0.155 e. The van der Waals surface area contributed by atoms with Gasteiger partial charge in [0.1, 0.15) is 0 Å². The lowest BCUT2D eigenvalue weighted by Crippen LogP contribution is -2.18. The molecule has 0 radical (unpaired) electrons. The molecular formula is C12H24OSi. The first kappa shape index (κ1) is 13.6. The number of carbonyl (C=O) groups is 1. The van der Waals surface area contributed by atoms with Gasteiger partial charge < -0.3 is 0 Å². The van der Waals surface area contributed by atoms with Crippen LogP contribution >= 0.6 is 0 Å². The van der Waals surface area contributed by atoms with E-state index in [1.807, 2.05) is 0 Å². The Morgan fingerprint density at radius 1 is 1.14 bits per heavy atom. The summed E-state index contributed by atoms with van der Waals surface area (Å²) in [6.07, 6.45) is 6.99. The summed E-state index contributed by atoms with van der Waals surface area (Å²) in [7, 11) is -0.829. The molecule has 0 spiro atoms. The van der Waals surface area contributed by atoms with E-state index >= 15 is 0 Å². The molecule has 0 rings (SSSR count). The van der Waals surface area contributed by atoms with Gasteiger partial charge in [0.25, 0.3) is 0 Å². The average Bonchev–Trinajstić information content (AvgIpc) is 2.08. The SMILES string of the molecule is C=CC(=O)CCCCCC[Si](C)(C)C. The van der Waals surface area contributed by atoms with E-state index in [-0.39, 0.29) is 5.78 Å². The van der Waals surface area contributed by atoms with E-state index < -0.39 is 8.07 Å². The summed E-state index contributed by atoms with van der Waals surface area (Å²) in [5.74, 6) is 0.190. The normalized spacial score (nSPS) is 11.4. The zero-order valence-electron chi connectivity index (χ0n) is 9.94. The van der Waals surface area contributed by atoms with E-state index in [9.17, 15) is 4.79 Å². The fourth-order valence-electron chi connectivity index (χ4n) is 1.41. The highest BCUT2D eigenvalue weighted by atomic mass is 28.3. The van der Waals surface area contributed by atoms with Crippen LogP contribution in [0.3, 0.4) is 0 Å². The highest BCUT2D eigenvalue weighted by Gasteiger charge is 2.11. The summed E-state index contributed by atoms with van der Waals surface area (Å²) in [6, 6.07) is 1.42. The van der Waals surface area contributed by atoms with E-state index in [2.05, 4.69) is 26.2 Å². The number of hydrogen-bond acceptors (Lipinski definition) is 1. The standard InChI is InChI=1S/C12H24OSi/c1-5-12(13)10-8-6-7-9-11-14(2,3)4/h5H,1,6-11H2,2-4H3. The van der Waals surface area contributed by atoms with Crippen molar-refractivity contribution in [3.8, 4) is 0 Å².